The molecule has 0 spiro atoms. The maximum absolute atomic E-state index is 14.3. The van der Waals surface area contributed by atoms with Gasteiger partial charge in [0.2, 0.25) is 23.6 Å². The number of benzene rings is 6. The lowest BCUT2D eigenvalue weighted by Crippen LogP contribution is -2.58. The van der Waals surface area contributed by atoms with E-state index in [0.29, 0.717) is 19.5 Å². The molecule has 6 aromatic rings. The van der Waals surface area contributed by atoms with Gasteiger partial charge >= 0.3 is 0 Å². The summed E-state index contributed by atoms with van der Waals surface area (Å²) >= 11 is 0. The molecule has 53 heavy (non-hydrogen) atoms. The molecule has 4 amide bonds. The summed E-state index contributed by atoms with van der Waals surface area (Å²) in [7, 11) is 0. The van der Waals surface area contributed by atoms with Gasteiger partial charge in [0, 0.05) is 32.7 Å². The van der Waals surface area contributed by atoms with Crippen molar-refractivity contribution in [3.8, 4) is 0 Å². The van der Waals surface area contributed by atoms with Gasteiger partial charge in [-0.15, -0.1) is 0 Å². The number of nitrogens with two attached hydrogens (primary N) is 1. The fourth-order valence-electron chi connectivity index (χ4n) is 6.66. The number of rotatable bonds is 15. The molecule has 0 aliphatic rings. The first-order valence-electron chi connectivity index (χ1n) is 18.0. The highest BCUT2D eigenvalue weighted by molar-refractivity contribution is 5.95. The molecule has 0 aliphatic carbocycles. The molecule has 6 rings (SSSR count). The van der Waals surface area contributed by atoms with Crippen LogP contribution in [0.2, 0.25) is 0 Å². The van der Waals surface area contributed by atoms with E-state index in [1.54, 1.807) is 0 Å². The van der Waals surface area contributed by atoms with Gasteiger partial charge in [0.15, 0.2) is 0 Å². The summed E-state index contributed by atoms with van der Waals surface area (Å²) in [5.41, 5.74) is 8.24. The monoisotopic (exact) mass is 707 g/mol. The van der Waals surface area contributed by atoms with Crippen LogP contribution in [-0.2, 0) is 38.4 Å². The minimum Gasteiger partial charge on any atom is -0.354 e. The van der Waals surface area contributed by atoms with Gasteiger partial charge in [-0.1, -0.05) is 127 Å². The average Bonchev–Trinajstić information content (AvgIpc) is 3.16. The number of hydrogen-bond donors (Lipinski definition) is 5. The second kappa shape index (κ2) is 17.4. The van der Waals surface area contributed by atoms with Crippen molar-refractivity contribution in [3.05, 3.63) is 144 Å². The summed E-state index contributed by atoms with van der Waals surface area (Å²) in [6, 6.07) is 38.6. The number of amides is 4. The average molecular weight is 708 g/mol. The SMILES string of the molecule is CC(=O)NC(Cc1ccc2ccccc2c1)C(=O)NC(Cc1ccc2ccccc2c1)C(=O)NC(Cc1ccc2ccccc2c1)C(=O)NCCCN. The normalized spacial score (nSPS) is 12.9. The van der Waals surface area contributed by atoms with Gasteiger partial charge in [-0.05, 0) is 62.0 Å². The van der Waals surface area contributed by atoms with E-state index in [-0.39, 0.29) is 31.1 Å². The third kappa shape index (κ3) is 9.84. The van der Waals surface area contributed by atoms with Crippen LogP contribution in [0.25, 0.3) is 32.3 Å². The molecule has 9 heteroatoms. The molecule has 9 nitrogen and oxygen atoms in total. The number of carbonyl (C=O) groups is 4. The summed E-state index contributed by atoms with van der Waals surface area (Å²) < 4.78 is 0. The summed E-state index contributed by atoms with van der Waals surface area (Å²) in [6.07, 6.45) is 1.19. The minimum absolute atomic E-state index is 0.155. The molecule has 0 aliphatic heterocycles. The third-order valence-corrected chi connectivity index (χ3v) is 9.40. The molecule has 0 saturated heterocycles. The fraction of sp³-hybridized carbons (Fsp3) is 0.227. The Kier molecular flexibility index (Phi) is 12.1. The van der Waals surface area contributed by atoms with E-state index in [1.807, 2.05) is 127 Å². The number of carbonyl (C=O) groups excluding carboxylic acids is 4. The van der Waals surface area contributed by atoms with Crippen molar-refractivity contribution in [2.24, 2.45) is 5.73 Å². The molecule has 3 atom stereocenters. The molecular weight excluding hydrogens is 663 g/mol. The van der Waals surface area contributed by atoms with Crippen LogP contribution in [0.15, 0.2) is 127 Å². The Morgan fingerprint density at radius 3 is 1.23 bits per heavy atom. The van der Waals surface area contributed by atoms with Crippen LogP contribution >= 0.6 is 0 Å². The summed E-state index contributed by atoms with van der Waals surface area (Å²) in [6.45, 7) is 2.14. The van der Waals surface area contributed by atoms with E-state index in [1.165, 1.54) is 6.92 Å². The number of fused-ring (bicyclic) bond motifs is 3. The van der Waals surface area contributed by atoms with Crippen LogP contribution in [0.4, 0.5) is 0 Å². The predicted octanol–water partition coefficient (Wildman–Crippen LogP) is 5.11. The first-order valence-corrected chi connectivity index (χ1v) is 18.0. The highest BCUT2D eigenvalue weighted by atomic mass is 16.2. The molecule has 6 N–H and O–H groups in total. The molecule has 0 fully saturated rings. The van der Waals surface area contributed by atoms with Gasteiger partial charge in [-0.25, -0.2) is 0 Å². The Morgan fingerprint density at radius 2 is 0.849 bits per heavy atom. The minimum atomic E-state index is -1.06. The smallest absolute Gasteiger partial charge is 0.243 e. The zero-order valence-electron chi connectivity index (χ0n) is 29.8. The number of nitrogens with one attached hydrogen (secondary N) is 4. The van der Waals surface area contributed by atoms with Crippen molar-refractivity contribution < 1.29 is 19.2 Å². The molecule has 0 bridgehead atoms. The zero-order chi connectivity index (χ0) is 37.2. The van der Waals surface area contributed by atoms with Crippen LogP contribution in [0.5, 0.6) is 0 Å². The van der Waals surface area contributed by atoms with Gasteiger partial charge in [0.05, 0.1) is 0 Å². The first-order chi connectivity index (χ1) is 25.7. The molecule has 6 aromatic carbocycles. The Hall–Kier alpha value is -6.06. The maximum Gasteiger partial charge on any atom is 0.243 e. The Morgan fingerprint density at radius 1 is 0.491 bits per heavy atom. The van der Waals surface area contributed by atoms with Gasteiger partial charge in [-0.2, -0.15) is 0 Å². The van der Waals surface area contributed by atoms with Crippen LogP contribution in [0, 0.1) is 0 Å². The topological polar surface area (TPSA) is 142 Å². The van der Waals surface area contributed by atoms with Gasteiger partial charge < -0.3 is 27.0 Å². The lowest BCUT2D eigenvalue weighted by molar-refractivity contribution is -0.133. The first kappa shape index (κ1) is 36.7. The zero-order valence-corrected chi connectivity index (χ0v) is 29.8. The summed E-state index contributed by atoms with van der Waals surface area (Å²) in [5, 5.41) is 17.8. The largest absolute Gasteiger partial charge is 0.354 e. The Bertz CT molecular complexity index is 2250. The second-order valence-electron chi connectivity index (χ2n) is 13.5. The molecular formula is C44H45N5O4. The molecule has 270 valence electrons. The maximum atomic E-state index is 14.3. The Balaban J connectivity index is 1.28. The van der Waals surface area contributed by atoms with E-state index in [0.717, 1.165) is 49.0 Å². The molecule has 0 heterocycles. The lowest BCUT2D eigenvalue weighted by atomic mass is 9.98. The quantitative estimate of drug-likeness (QED) is 0.0944. The fourth-order valence-corrected chi connectivity index (χ4v) is 6.66. The predicted molar refractivity (Wildman–Crippen MR) is 211 cm³/mol. The third-order valence-electron chi connectivity index (χ3n) is 9.40. The number of hydrogen-bond acceptors (Lipinski definition) is 5. The highest BCUT2D eigenvalue weighted by Gasteiger charge is 2.30. The Labute approximate surface area is 309 Å². The van der Waals surface area contributed by atoms with Crippen LogP contribution in [-0.4, -0.2) is 54.8 Å². The summed E-state index contributed by atoms with van der Waals surface area (Å²) in [4.78, 5) is 54.4. The van der Waals surface area contributed by atoms with E-state index < -0.39 is 29.9 Å². The molecule has 3 unspecified atom stereocenters. The van der Waals surface area contributed by atoms with E-state index in [2.05, 4.69) is 21.3 Å². The van der Waals surface area contributed by atoms with Gasteiger partial charge in [-0.3, -0.25) is 19.2 Å². The van der Waals surface area contributed by atoms with E-state index in [4.69, 9.17) is 5.73 Å². The van der Waals surface area contributed by atoms with E-state index in [9.17, 15) is 19.2 Å². The van der Waals surface area contributed by atoms with Crippen molar-refractivity contribution in [1.82, 2.24) is 21.3 Å². The standard InChI is InChI=1S/C44H45N5O4/c1-29(50)47-40(27-31-16-19-34-10-3-6-13-37(34)24-31)43(52)49-41(28-32-17-20-35-11-4-7-14-38(35)25-32)44(53)48-39(42(51)46-22-8-21-45)26-30-15-18-33-9-2-5-12-36(33)23-30/h2-7,9-20,23-25,39-41H,8,21-22,26-28,45H2,1H3,(H,46,51)(H,47,50)(H,48,53)(H,49,52). The molecule has 0 radical (unpaired) electrons. The summed E-state index contributed by atoms with van der Waals surface area (Å²) in [5.74, 6) is -1.74. The van der Waals surface area contributed by atoms with Crippen LogP contribution < -0.4 is 27.0 Å². The van der Waals surface area contributed by atoms with Crippen molar-refractivity contribution in [3.63, 3.8) is 0 Å². The lowest BCUT2D eigenvalue weighted by Gasteiger charge is -2.26. The van der Waals surface area contributed by atoms with E-state index >= 15 is 0 Å². The highest BCUT2D eigenvalue weighted by Crippen LogP contribution is 2.20. The second-order valence-corrected chi connectivity index (χ2v) is 13.5. The van der Waals surface area contributed by atoms with Gasteiger partial charge in [0.25, 0.3) is 0 Å². The van der Waals surface area contributed by atoms with Crippen LogP contribution in [0.3, 0.4) is 0 Å². The van der Waals surface area contributed by atoms with Crippen molar-refractivity contribution in [2.75, 3.05) is 13.1 Å². The van der Waals surface area contributed by atoms with Crippen molar-refractivity contribution in [2.45, 2.75) is 50.7 Å². The van der Waals surface area contributed by atoms with Crippen molar-refractivity contribution in [1.29, 1.82) is 0 Å². The van der Waals surface area contributed by atoms with Crippen molar-refractivity contribution >= 4 is 55.9 Å². The van der Waals surface area contributed by atoms with Crippen LogP contribution in [0.1, 0.15) is 30.0 Å². The van der Waals surface area contributed by atoms with Gasteiger partial charge in [0.1, 0.15) is 18.1 Å². The molecule has 0 saturated carbocycles. The molecule has 0 aromatic heterocycles.